The normalized spacial score (nSPS) is 26.2. The summed E-state index contributed by atoms with van der Waals surface area (Å²) in [6, 6.07) is 0. The zero-order valence-corrected chi connectivity index (χ0v) is 19.7. The van der Waals surface area contributed by atoms with Gasteiger partial charge in [0.1, 0.15) is 36.3 Å². The topological polar surface area (TPSA) is 297 Å². The van der Waals surface area contributed by atoms with Crippen LogP contribution in [0.15, 0.2) is 10.1 Å². The number of aliphatic hydroxyl groups excluding tert-OH is 1. The minimum atomic E-state index is -5.70. The molecule has 5 unspecified atom stereocenters. The molecule has 0 bridgehead atoms. The molecule has 3 heterocycles. The second-order valence-electron chi connectivity index (χ2n) is 6.85. The molecule has 0 amide bonds. The first kappa shape index (κ1) is 26.7. The van der Waals surface area contributed by atoms with E-state index < -0.39 is 48.5 Å². The van der Waals surface area contributed by atoms with Crippen molar-refractivity contribution in [3.05, 3.63) is 16.1 Å². The number of azide groups is 1. The number of aliphatic imine (C=N–C) groups is 1. The lowest BCUT2D eigenvalue weighted by molar-refractivity contribution is -0.0424. The Morgan fingerprint density at radius 3 is 2.56 bits per heavy atom. The molecular formula is C11H19N8O12P3. The number of hydrogen-bond donors (Lipinski definition) is 6. The summed E-state index contributed by atoms with van der Waals surface area (Å²) in [6.07, 6.45) is -3.76. The molecule has 2 aliphatic heterocycles. The maximum atomic E-state index is 11.9. The zero-order valence-electron chi connectivity index (χ0n) is 17.0. The molecule has 190 valence electrons. The molecule has 0 saturated carbocycles. The third kappa shape index (κ3) is 6.21. The summed E-state index contributed by atoms with van der Waals surface area (Å²) >= 11 is 0. The fourth-order valence-corrected chi connectivity index (χ4v) is 6.17. The van der Waals surface area contributed by atoms with Crippen molar-refractivity contribution in [3.8, 4) is 0 Å². The lowest BCUT2D eigenvalue weighted by Crippen LogP contribution is -2.31. The van der Waals surface area contributed by atoms with Gasteiger partial charge >= 0.3 is 23.5 Å². The van der Waals surface area contributed by atoms with Crippen molar-refractivity contribution < 1.29 is 56.3 Å². The molecule has 5 atom stereocenters. The summed E-state index contributed by atoms with van der Waals surface area (Å²) in [5, 5.41) is 13.8. The standard InChI is InChI=1S/C11H19N8O12P3/c1-18-4-14-9(12)8-10(18)19(11(15-8)16-17-13)7-2-5(20)6(29-7)3-28-33(24,25)31-34(26,27)30-32(21,22)23/h5-7,20H,2-4H2,1H3,(H2,12,14)(H,24,25)(H,26,27)(H2,21,22,23). The fraction of sp³-hybridized carbons (Fsp3) is 0.636. The molecule has 1 aromatic rings. The molecule has 34 heavy (non-hydrogen) atoms. The first-order valence-corrected chi connectivity index (χ1v) is 13.4. The molecule has 7 N–H and O–H groups in total. The van der Waals surface area contributed by atoms with Gasteiger partial charge in [0.2, 0.25) is 5.95 Å². The number of ether oxygens (including phenoxy) is 1. The van der Waals surface area contributed by atoms with Gasteiger partial charge in [0, 0.05) is 18.4 Å². The van der Waals surface area contributed by atoms with Gasteiger partial charge in [-0.15, -0.1) is 0 Å². The highest BCUT2D eigenvalue weighted by atomic mass is 31.3. The number of aliphatic hydroxyl groups is 1. The maximum Gasteiger partial charge on any atom is 0.490 e. The smallest absolute Gasteiger partial charge is 0.390 e. The van der Waals surface area contributed by atoms with Crippen LogP contribution in [-0.4, -0.2) is 72.6 Å². The molecule has 3 rings (SSSR count). The lowest BCUT2D eigenvalue weighted by Gasteiger charge is -2.26. The lowest BCUT2D eigenvalue weighted by atomic mass is 10.2. The number of nitrogens with zero attached hydrogens (tertiary/aromatic N) is 7. The number of amidine groups is 1. The van der Waals surface area contributed by atoms with Gasteiger partial charge in [-0.1, -0.05) is 0 Å². The molecule has 0 radical (unpaired) electrons. The minimum Gasteiger partial charge on any atom is -0.390 e. The van der Waals surface area contributed by atoms with Gasteiger partial charge in [-0.3, -0.25) is 9.09 Å². The van der Waals surface area contributed by atoms with Crippen LogP contribution in [0.1, 0.15) is 18.3 Å². The highest BCUT2D eigenvalue weighted by Crippen LogP contribution is 2.66. The average molecular weight is 548 g/mol. The second-order valence-corrected chi connectivity index (χ2v) is 11.3. The predicted octanol–water partition coefficient (Wildman–Crippen LogP) is -0.0708. The first-order valence-electron chi connectivity index (χ1n) is 8.93. The number of phosphoric acid groups is 3. The number of anilines is 1. The van der Waals surface area contributed by atoms with Crippen molar-refractivity contribution in [1.82, 2.24) is 9.55 Å². The van der Waals surface area contributed by atoms with Crippen LogP contribution < -0.4 is 10.6 Å². The first-order chi connectivity index (χ1) is 15.6. The molecule has 1 aromatic heterocycles. The average Bonchev–Trinajstić information content (AvgIpc) is 3.21. The maximum absolute atomic E-state index is 11.9. The van der Waals surface area contributed by atoms with E-state index in [2.05, 4.69) is 33.1 Å². The molecular weight excluding hydrogens is 529 g/mol. The summed E-state index contributed by atoms with van der Waals surface area (Å²) < 4.78 is 52.7. The summed E-state index contributed by atoms with van der Waals surface area (Å²) in [6.45, 7) is -0.723. The Kier molecular flexibility index (Phi) is 7.58. The largest absolute Gasteiger partial charge is 0.490 e. The summed E-state index contributed by atoms with van der Waals surface area (Å²) in [4.78, 5) is 48.4. The summed E-state index contributed by atoms with van der Waals surface area (Å²) in [7, 11) is -15.0. The van der Waals surface area contributed by atoms with Crippen LogP contribution in [0, 0.1) is 0 Å². The van der Waals surface area contributed by atoms with E-state index in [1.807, 2.05) is 0 Å². The third-order valence-electron chi connectivity index (χ3n) is 4.37. The van der Waals surface area contributed by atoms with Gasteiger partial charge < -0.3 is 40.1 Å². The number of nitrogens with two attached hydrogens (primary N) is 1. The SMILES string of the molecule is CN1CN=C(N)c2nc(N=[N+]=[N-])n(C3CC(O)C(COP(=O)(O)OP(=O)(O)OP(=O)(O)O)O3)c21. The number of rotatable bonds is 9. The Bertz CT molecular complexity index is 1180. The highest BCUT2D eigenvalue weighted by Gasteiger charge is 2.43. The van der Waals surface area contributed by atoms with Crippen molar-refractivity contribution in [2.45, 2.75) is 24.9 Å². The van der Waals surface area contributed by atoms with Crippen LogP contribution in [0.5, 0.6) is 0 Å². The number of imidazole rings is 1. The fourth-order valence-electron chi connectivity index (χ4n) is 3.14. The quantitative estimate of drug-likeness (QED) is 0.102. The van der Waals surface area contributed by atoms with E-state index in [0.717, 1.165) is 0 Å². The van der Waals surface area contributed by atoms with Crippen molar-refractivity contribution in [2.24, 2.45) is 15.8 Å². The second kappa shape index (κ2) is 9.64. The van der Waals surface area contributed by atoms with E-state index in [9.17, 15) is 28.6 Å². The van der Waals surface area contributed by atoms with Gasteiger partial charge in [-0.05, 0) is 10.6 Å². The number of fused-ring (bicyclic) bond motifs is 1. The molecule has 0 aromatic carbocycles. The van der Waals surface area contributed by atoms with Gasteiger partial charge in [-0.2, -0.15) is 8.62 Å². The number of phosphoric ester groups is 1. The monoisotopic (exact) mass is 548 g/mol. The Labute approximate surface area is 189 Å². The third-order valence-corrected chi connectivity index (χ3v) is 8.17. The van der Waals surface area contributed by atoms with Crippen LogP contribution in [0.3, 0.4) is 0 Å². The predicted molar refractivity (Wildman–Crippen MR) is 109 cm³/mol. The summed E-state index contributed by atoms with van der Waals surface area (Å²) in [5.74, 6) is 0.273. The van der Waals surface area contributed by atoms with E-state index in [1.165, 1.54) is 4.57 Å². The van der Waals surface area contributed by atoms with Crippen LogP contribution >= 0.6 is 23.5 Å². The zero-order chi connectivity index (χ0) is 25.5. The number of hydrogen-bond acceptors (Lipinski definition) is 13. The van der Waals surface area contributed by atoms with Gasteiger partial charge in [0.15, 0.2) is 0 Å². The summed E-state index contributed by atoms with van der Waals surface area (Å²) in [5.41, 5.74) is 14.9. The van der Waals surface area contributed by atoms with E-state index >= 15 is 0 Å². The molecule has 2 aliphatic rings. The minimum absolute atomic E-state index is 0.0731. The molecule has 1 fully saturated rings. The highest BCUT2D eigenvalue weighted by molar-refractivity contribution is 7.66. The van der Waals surface area contributed by atoms with Crippen molar-refractivity contribution in [2.75, 3.05) is 25.2 Å². The van der Waals surface area contributed by atoms with E-state index in [4.69, 9.17) is 25.8 Å². The Morgan fingerprint density at radius 1 is 1.26 bits per heavy atom. The van der Waals surface area contributed by atoms with Crippen LogP contribution in [0.4, 0.5) is 11.8 Å². The van der Waals surface area contributed by atoms with Crippen LogP contribution in [0.2, 0.25) is 0 Å². The molecule has 23 heteroatoms. The van der Waals surface area contributed by atoms with Crippen molar-refractivity contribution in [3.63, 3.8) is 0 Å². The Morgan fingerprint density at radius 2 is 1.94 bits per heavy atom. The van der Waals surface area contributed by atoms with Crippen LogP contribution in [-0.2, 0) is 31.6 Å². The Balaban J connectivity index is 1.75. The Hall–Kier alpha value is -1.88. The molecule has 20 nitrogen and oxygen atoms in total. The number of aromatic nitrogens is 2. The van der Waals surface area contributed by atoms with Crippen molar-refractivity contribution >= 4 is 41.1 Å². The van der Waals surface area contributed by atoms with E-state index in [0.29, 0.717) is 5.82 Å². The van der Waals surface area contributed by atoms with E-state index in [1.54, 1.807) is 11.9 Å². The van der Waals surface area contributed by atoms with Gasteiger partial charge in [0.05, 0.1) is 12.7 Å². The van der Waals surface area contributed by atoms with E-state index in [-0.39, 0.29) is 30.6 Å². The molecule has 1 saturated heterocycles. The molecule has 0 spiro atoms. The molecule has 0 aliphatic carbocycles. The van der Waals surface area contributed by atoms with Gasteiger partial charge in [0.25, 0.3) is 0 Å². The van der Waals surface area contributed by atoms with Crippen molar-refractivity contribution in [1.29, 1.82) is 0 Å². The van der Waals surface area contributed by atoms with Gasteiger partial charge in [-0.25, -0.2) is 23.7 Å². The van der Waals surface area contributed by atoms with Crippen LogP contribution in [0.25, 0.3) is 10.4 Å².